The number of rotatable bonds is 5. The van der Waals surface area contributed by atoms with Gasteiger partial charge in [-0.15, -0.1) is 0 Å². The molecule has 0 saturated heterocycles. The second-order valence-electron chi connectivity index (χ2n) is 3.58. The van der Waals surface area contributed by atoms with Crippen LogP contribution < -0.4 is 5.32 Å². The SMILES string of the molecule is CCNCCC(C)(O)C1=CCCO1. The molecule has 0 aromatic heterocycles. The molecule has 1 atom stereocenters. The van der Waals surface area contributed by atoms with Crippen molar-refractivity contribution in [1.82, 2.24) is 5.32 Å². The van der Waals surface area contributed by atoms with E-state index >= 15 is 0 Å². The molecule has 0 radical (unpaired) electrons. The zero-order chi connectivity index (χ0) is 9.73. The van der Waals surface area contributed by atoms with Gasteiger partial charge in [-0.2, -0.15) is 0 Å². The van der Waals surface area contributed by atoms with Gasteiger partial charge in [-0.1, -0.05) is 6.92 Å². The Hall–Kier alpha value is -0.540. The zero-order valence-electron chi connectivity index (χ0n) is 8.47. The minimum atomic E-state index is -0.793. The molecule has 0 aromatic rings. The maximum absolute atomic E-state index is 10.0. The van der Waals surface area contributed by atoms with Crippen molar-refractivity contribution in [3.8, 4) is 0 Å². The minimum absolute atomic E-state index is 0.701. The van der Waals surface area contributed by atoms with E-state index in [9.17, 15) is 5.11 Å². The molecule has 0 spiro atoms. The Morgan fingerprint density at radius 1 is 1.69 bits per heavy atom. The van der Waals surface area contributed by atoms with Gasteiger partial charge in [0.25, 0.3) is 0 Å². The Morgan fingerprint density at radius 2 is 2.46 bits per heavy atom. The van der Waals surface area contributed by atoms with E-state index in [1.165, 1.54) is 0 Å². The Labute approximate surface area is 79.8 Å². The fraction of sp³-hybridized carbons (Fsp3) is 0.800. The van der Waals surface area contributed by atoms with Crippen LogP contribution in [0.5, 0.6) is 0 Å². The van der Waals surface area contributed by atoms with E-state index in [-0.39, 0.29) is 0 Å². The van der Waals surface area contributed by atoms with E-state index in [0.717, 1.165) is 25.3 Å². The van der Waals surface area contributed by atoms with Crippen molar-refractivity contribution in [2.45, 2.75) is 32.3 Å². The molecule has 1 aliphatic heterocycles. The normalized spacial score (nSPS) is 20.7. The summed E-state index contributed by atoms with van der Waals surface area (Å²) >= 11 is 0. The Kier molecular flexibility index (Phi) is 3.75. The van der Waals surface area contributed by atoms with E-state index in [1.807, 2.05) is 13.0 Å². The van der Waals surface area contributed by atoms with Crippen LogP contribution in [0.4, 0.5) is 0 Å². The van der Waals surface area contributed by atoms with Crippen LogP contribution in [0.25, 0.3) is 0 Å². The topological polar surface area (TPSA) is 41.5 Å². The lowest BCUT2D eigenvalue weighted by atomic mass is 9.99. The summed E-state index contributed by atoms with van der Waals surface area (Å²) in [6, 6.07) is 0. The first kappa shape index (κ1) is 10.5. The highest BCUT2D eigenvalue weighted by atomic mass is 16.5. The van der Waals surface area contributed by atoms with Crippen molar-refractivity contribution in [2.24, 2.45) is 0 Å². The molecule has 1 unspecified atom stereocenters. The molecule has 13 heavy (non-hydrogen) atoms. The van der Waals surface area contributed by atoms with Crippen molar-refractivity contribution in [3.05, 3.63) is 11.8 Å². The predicted octanol–water partition coefficient (Wildman–Crippen LogP) is 1.04. The molecule has 0 saturated carbocycles. The number of hydrogen-bond donors (Lipinski definition) is 2. The van der Waals surface area contributed by atoms with Crippen molar-refractivity contribution < 1.29 is 9.84 Å². The van der Waals surface area contributed by atoms with Gasteiger partial charge in [-0.05, 0) is 32.5 Å². The van der Waals surface area contributed by atoms with Crippen molar-refractivity contribution >= 4 is 0 Å². The van der Waals surface area contributed by atoms with Gasteiger partial charge < -0.3 is 15.2 Å². The van der Waals surface area contributed by atoms with Gasteiger partial charge >= 0.3 is 0 Å². The van der Waals surface area contributed by atoms with Crippen molar-refractivity contribution in [3.63, 3.8) is 0 Å². The van der Waals surface area contributed by atoms with Gasteiger partial charge in [0, 0.05) is 6.42 Å². The molecule has 1 heterocycles. The highest BCUT2D eigenvalue weighted by Crippen LogP contribution is 2.25. The molecular formula is C10H19NO2. The molecular weight excluding hydrogens is 166 g/mol. The van der Waals surface area contributed by atoms with Gasteiger partial charge in [-0.25, -0.2) is 0 Å². The molecule has 0 fully saturated rings. The summed E-state index contributed by atoms with van der Waals surface area (Å²) in [6.45, 7) is 6.34. The van der Waals surface area contributed by atoms with Gasteiger partial charge in [0.2, 0.25) is 0 Å². The second kappa shape index (κ2) is 4.63. The summed E-state index contributed by atoms with van der Waals surface area (Å²) in [7, 11) is 0. The summed E-state index contributed by atoms with van der Waals surface area (Å²) in [5, 5.41) is 13.2. The molecule has 0 amide bonds. The third-order valence-corrected chi connectivity index (χ3v) is 2.27. The number of aliphatic hydroxyl groups is 1. The molecule has 3 nitrogen and oxygen atoms in total. The average molecular weight is 185 g/mol. The lowest BCUT2D eigenvalue weighted by Crippen LogP contribution is -2.32. The lowest BCUT2D eigenvalue weighted by molar-refractivity contribution is 0.0281. The zero-order valence-corrected chi connectivity index (χ0v) is 8.47. The number of nitrogens with one attached hydrogen (secondary N) is 1. The third kappa shape index (κ3) is 3.01. The fourth-order valence-corrected chi connectivity index (χ4v) is 1.42. The Morgan fingerprint density at radius 3 is 3.00 bits per heavy atom. The summed E-state index contributed by atoms with van der Waals surface area (Å²) < 4.78 is 5.33. The molecule has 0 bridgehead atoms. The lowest BCUT2D eigenvalue weighted by Gasteiger charge is -2.24. The average Bonchev–Trinajstić information content (AvgIpc) is 2.56. The quantitative estimate of drug-likeness (QED) is 0.629. The van der Waals surface area contributed by atoms with E-state index in [0.29, 0.717) is 13.0 Å². The maximum Gasteiger partial charge on any atom is 0.123 e. The van der Waals surface area contributed by atoms with Crippen molar-refractivity contribution in [2.75, 3.05) is 19.7 Å². The first-order valence-electron chi connectivity index (χ1n) is 4.93. The third-order valence-electron chi connectivity index (χ3n) is 2.27. The van der Waals surface area contributed by atoms with E-state index in [1.54, 1.807) is 0 Å². The molecule has 0 aliphatic carbocycles. The van der Waals surface area contributed by atoms with E-state index in [4.69, 9.17) is 4.74 Å². The van der Waals surface area contributed by atoms with Gasteiger partial charge in [0.15, 0.2) is 0 Å². The van der Waals surface area contributed by atoms with E-state index in [2.05, 4.69) is 12.2 Å². The van der Waals surface area contributed by atoms with Gasteiger partial charge in [0.05, 0.1) is 6.61 Å². The molecule has 3 heteroatoms. The van der Waals surface area contributed by atoms with Crippen LogP contribution in [0.15, 0.2) is 11.8 Å². The van der Waals surface area contributed by atoms with Crippen molar-refractivity contribution in [1.29, 1.82) is 0 Å². The largest absolute Gasteiger partial charge is 0.495 e. The van der Waals surface area contributed by atoms with Crippen LogP contribution in [0.2, 0.25) is 0 Å². The fourth-order valence-electron chi connectivity index (χ4n) is 1.42. The van der Waals surface area contributed by atoms with Gasteiger partial charge in [0.1, 0.15) is 11.4 Å². The molecule has 2 N–H and O–H groups in total. The second-order valence-corrected chi connectivity index (χ2v) is 3.58. The van der Waals surface area contributed by atoms with Gasteiger partial charge in [-0.3, -0.25) is 0 Å². The summed E-state index contributed by atoms with van der Waals surface area (Å²) in [4.78, 5) is 0. The predicted molar refractivity (Wildman–Crippen MR) is 52.4 cm³/mol. The first-order valence-corrected chi connectivity index (χ1v) is 4.93. The van der Waals surface area contributed by atoms with Crippen LogP contribution in [0.3, 0.4) is 0 Å². The minimum Gasteiger partial charge on any atom is -0.495 e. The monoisotopic (exact) mass is 185 g/mol. The smallest absolute Gasteiger partial charge is 0.123 e. The molecule has 1 aliphatic rings. The molecule has 76 valence electrons. The first-order chi connectivity index (χ1) is 6.17. The highest BCUT2D eigenvalue weighted by Gasteiger charge is 2.28. The molecule has 0 aromatic carbocycles. The van der Waals surface area contributed by atoms with Crippen LogP contribution in [0.1, 0.15) is 26.7 Å². The maximum atomic E-state index is 10.0. The molecule has 1 rings (SSSR count). The van der Waals surface area contributed by atoms with E-state index < -0.39 is 5.60 Å². The highest BCUT2D eigenvalue weighted by molar-refractivity contribution is 5.11. The van der Waals surface area contributed by atoms with Crippen LogP contribution >= 0.6 is 0 Å². The number of ether oxygens (including phenoxy) is 1. The van der Waals surface area contributed by atoms with Crippen LogP contribution in [0, 0.1) is 0 Å². The standard InChI is InChI=1S/C10H19NO2/c1-3-11-7-6-10(2,12)9-5-4-8-13-9/h5,11-12H,3-4,6-8H2,1-2H3. The van der Waals surface area contributed by atoms with Crippen LogP contribution in [-0.2, 0) is 4.74 Å². The Balaban J connectivity index is 2.35. The summed E-state index contributed by atoms with van der Waals surface area (Å²) in [6.07, 6.45) is 3.60. The summed E-state index contributed by atoms with van der Waals surface area (Å²) in [5.41, 5.74) is -0.793. The van der Waals surface area contributed by atoms with Crippen LogP contribution in [-0.4, -0.2) is 30.4 Å². The summed E-state index contributed by atoms with van der Waals surface area (Å²) in [5.74, 6) is 0.741. The number of hydrogen-bond acceptors (Lipinski definition) is 3. The Bertz CT molecular complexity index is 187.